The molecular weight excluding hydrogens is 256 g/mol. The number of Topliss-reactive ketones (excluding diaryl/α,β-unsaturated/α-hetero) is 1. The van der Waals surface area contributed by atoms with E-state index in [4.69, 9.17) is 12.2 Å². The van der Waals surface area contributed by atoms with E-state index in [0.29, 0.717) is 5.56 Å². The SMILES string of the molecule is CC(=O)c1cccc(NC(=S)N2CCC(C)CC2)c1. The van der Waals surface area contributed by atoms with Crippen molar-refractivity contribution in [3.05, 3.63) is 29.8 Å². The summed E-state index contributed by atoms with van der Waals surface area (Å²) in [5.74, 6) is 0.862. The van der Waals surface area contributed by atoms with E-state index in [0.717, 1.165) is 29.8 Å². The van der Waals surface area contributed by atoms with Crippen molar-refractivity contribution in [1.29, 1.82) is 0 Å². The highest BCUT2D eigenvalue weighted by Crippen LogP contribution is 2.18. The van der Waals surface area contributed by atoms with E-state index in [9.17, 15) is 4.79 Å². The average Bonchev–Trinajstić information content (AvgIpc) is 2.39. The molecule has 3 nitrogen and oxygen atoms in total. The predicted octanol–water partition coefficient (Wildman–Crippen LogP) is 3.32. The molecule has 102 valence electrons. The van der Waals surface area contributed by atoms with Crippen LogP contribution in [0.25, 0.3) is 0 Å². The van der Waals surface area contributed by atoms with Crippen LogP contribution < -0.4 is 5.32 Å². The van der Waals surface area contributed by atoms with Gasteiger partial charge in [0.15, 0.2) is 10.9 Å². The smallest absolute Gasteiger partial charge is 0.173 e. The van der Waals surface area contributed by atoms with Crippen molar-refractivity contribution in [2.45, 2.75) is 26.7 Å². The molecule has 1 saturated heterocycles. The zero-order valence-electron chi connectivity index (χ0n) is 11.5. The van der Waals surface area contributed by atoms with Gasteiger partial charge in [0.1, 0.15) is 0 Å². The molecule has 19 heavy (non-hydrogen) atoms. The lowest BCUT2D eigenvalue weighted by Crippen LogP contribution is -2.40. The van der Waals surface area contributed by atoms with E-state index in [2.05, 4.69) is 17.1 Å². The first-order valence-corrected chi connectivity index (χ1v) is 7.14. The topological polar surface area (TPSA) is 32.3 Å². The van der Waals surface area contributed by atoms with Crippen molar-refractivity contribution >= 4 is 28.8 Å². The fourth-order valence-corrected chi connectivity index (χ4v) is 2.53. The second kappa shape index (κ2) is 6.15. The number of hydrogen-bond acceptors (Lipinski definition) is 2. The first-order valence-electron chi connectivity index (χ1n) is 6.73. The van der Waals surface area contributed by atoms with Gasteiger partial charge in [-0.2, -0.15) is 0 Å². The van der Waals surface area contributed by atoms with Gasteiger partial charge in [0.25, 0.3) is 0 Å². The van der Waals surface area contributed by atoms with Crippen LogP contribution >= 0.6 is 12.2 Å². The molecule has 0 atom stereocenters. The summed E-state index contributed by atoms with van der Waals surface area (Å²) >= 11 is 5.43. The van der Waals surface area contributed by atoms with E-state index in [1.807, 2.05) is 24.3 Å². The van der Waals surface area contributed by atoms with Crippen LogP contribution in [-0.2, 0) is 0 Å². The Morgan fingerprint density at radius 3 is 2.68 bits per heavy atom. The van der Waals surface area contributed by atoms with Crippen molar-refractivity contribution in [2.75, 3.05) is 18.4 Å². The third-order valence-corrected chi connectivity index (χ3v) is 3.95. The number of thiocarbonyl (C=S) groups is 1. The third-order valence-electron chi connectivity index (χ3n) is 3.59. The molecule has 0 amide bonds. The number of ketones is 1. The van der Waals surface area contributed by atoms with Crippen molar-refractivity contribution in [2.24, 2.45) is 5.92 Å². The lowest BCUT2D eigenvalue weighted by molar-refractivity contribution is 0.101. The molecule has 0 aliphatic carbocycles. The number of carbonyl (C=O) groups excluding carboxylic acids is 1. The second-order valence-corrected chi connectivity index (χ2v) is 5.62. The maximum absolute atomic E-state index is 11.4. The second-order valence-electron chi connectivity index (χ2n) is 5.24. The molecule has 0 aromatic heterocycles. The minimum absolute atomic E-state index is 0.0707. The van der Waals surface area contributed by atoms with Crippen LogP contribution in [0, 0.1) is 5.92 Å². The van der Waals surface area contributed by atoms with Crippen molar-refractivity contribution in [1.82, 2.24) is 4.90 Å². The maximum atomic E-state index is 11.4. The summed E-state index contributed by atoms with van der Waals surface area (Å²) in [6.45, 7) is 5.88. The van der Waals surface area contributed by atoms with Gasteiger partial charge in [0.05, 0.1) is 0 Å². The monoisotopic (exact) mass is 276 g/mol. The lowest BCUT2D eigenvalue weighted by atomic mass is 10.00. The van der Waals surface area contributed by atoms with Gasteiger partial charge in [0, 0.05) is 24.3 Å². The number of nitrogens with zero attached hydrogens (tertiary/aromatic N) is 1. The summed E-state index contributed by atoms with van der Waals surface area (Å²) in [7, 11) is 0. The number of anilines is 1. The number of hydrogen-bond donors (Lipinski definition) is 1. The Bertz CT molecular complexity index is 479. The van der Waals surface area contributed by atoms with E-state index in [1.54, 1.807) is 6.92 Å². The van der Waals surface area contributed by atoms with Crippen molar-refractivity contribution in [3.63, 3.8) is 0 Å². The van der Waals surface area contributed by atoms with Gasteiger partial charge in [0.2, 0.25) is 0 Å². The zero-order valence-corrected chi connectivity index (χ0v) is 12.3. The molecule has 0 spiro atoms. The van der Waals surface area contributed by atoms with Crippen LogP contribution in [0.5, 0.6) is 0 Å². The van der Waals surface area contributed by atoms with Gasteiger partial charge in [-0.05, 0) is 50.0 Å². The summed E-state index contributed by atoms with van der Waals surface area (Å²) < 4.78 is 0. The normalized spacial score (nSPS) is 16.2. The molecule has 1 fully saturated rings. The fraction of sp³-hybridized carbons (Fsp3) is 0.467. The van der Waals surface area contributed by atoms with E-state index < -0.39 is 0 Å². The average molecular weight is 276 g/mol. The number of rotatable bonds is 2. The lowest BCUT2D eigenvalue weighted by Gasteiger charge is -2.32. The minimum atomic E-state index is 0.0707. The Balaban J connectivity index is 1.98. The standard InChI is InChI=1S/C15H20N2OS/c1-11-6-8-17(9-7-11)15(19)16-14-5-3-4-13(10-14)12(2)18/h3-5,10-11H,6-9H2,1-2H3,(H,16,19). The summed E-state index contributed by atoms with van der Waals surface area (Å²) in [6, 6.07) is 7.48. The molecule has 1 heterocycles. The van der Waals surface area contributed by atoms with Crippen LogP contribution in [0.15, 0.2) is 24.3 Å². The maximum Gasteiger partial charge on any atom is 0.173 e. The van der Waals surface area contributed by atoms with Gasteiger partial charge >= 0.3 is 0 Å². The van der Waals surface area contributed by atoms with E-state index in [-0.39, 0.29) is 5.78 Å². The highest BCUT2D eigenvalue weighted by atomic mass is 32.1. The highest BCUT2D eigenvalue weighted by molar-refractivity contribution is 7.80. The number of nitrogens with one attached hydrogen (secondary N) is 1. The fourth-order valence-electron chi connectivity index (χ4n) is 2.23. The van der Waals surface area contributed by atoms with Crippen LogP contribution in [0.2, 0.25) is 0 Å². The molecule has 4 heteroatoms. The van der Waals surface area contributed by atoms with E-state index >= 15 is 0 Å². The molecule has 0 saturated carbocycles. The van der Waals surface area contributed by atoms with Gasteiger partial charge in [-0.15, -0.1) is 0 Å². The quantitative estimate of drug-likeness (QED) is 0.663. The molecule has 1 aliphatic heterocycles. The van der Waals surface area contributed by atoms with Crippen LogP contribution in [0.4, 0.5) is 5.69 Å². The number of carbonyl (C=O) groups is 1. The van der Waals surface area contributed by atoms with Gasteiger partial charge in [-0.3, -0.25) is 4.79 Å². The number of benzene rings is 1. The molecule has 1 aliphatic rings. The van der Waals surface area contributed by atoms with Crippen LogP contribution in [-0.4, -0.2) is 28.9 Å². The molecule has 0 unspecified atom stereocenters. The van der Waals surface area contributed by atoms with Crippen LogP contribution in [0.1, 0.15) is 37.0 Å². The Morgan fingerprint density at radius 1 is 1.37 bits per heavy atom. The van der Waals surface area contributed by atoms with Gasteiger partial charge in [-0.25, -0.2) is 0 Å². The summed E-state index contributed by atoms with van der Waals surface area (Å²) in [5.41, 5.74) is 1.59. The Morgan fingerprint density at radius 2 is 2.05 bits per heavy atom. The van der Waals surface area contributed by atoms with Crippen LogP contribution in [0.3, 0.4) is 0 Å². The van der Waals surface area contributed by atoms with Crippen molar-refractivity contribution < 1.29 is 4.79 Å². The highest BCUT2D eigenvalue weighted by Gasteiger charge is 2.17. The first-order chi connectivity index (χ1) is 9.06. The predicted molar refractivity (Wildman–Crippen MR) is 82.6 cm³/mol. The Labute approximate surface area is 120 Å². The summed E-state index contributed by atoms with van der Waals surface area (Å²) in [5, 5.41) is 3.98. The molecule has 0 radical (unpaired) electrons. The van der Waals surface area contributed by atoms with E-state index in [1.165, 1.54) is 12.8 Å². The molecule has 1 N–H and O–H groups in total. The Hall–Kier alpha value is -1.42. The zero-order chi connectivity index (χ0) is 13.8. The number of piperidine rings is 1. The largest absolute Gasteiger partial charge is 0.349 e. The number of likely N-dealkylation sites (tertiary alicyclic amines) is 1. The molecule has 1 aromatic carbocycles. The Kier molecular flexibility index (Phi) is 4.53. The minimum Gasteiger partial charge on any atom is -0.349 e. The molecular formula is C15H20N2OS. The van der Waals surface area contributed by atoms with Gasteiger partial charge < -0.3 is 10.2 Å². The third kappa shape index (κ3) is 3.77. The van der Waals surface area contributed by atoms with Crippen molar-refractivity contribution in [3.8, 4) is 0 Å². The summed E-state index contributed by atoms with van der Waals surface area (Å²) in [6.07, 6.45) is 2.38. The summed E-state index contributed by atoms with van der Waals surface area (Å²) in [4.78, 5) is 13.6. The van der Waals surface area contributed by atoms with Gasteiger partial charge in [-0.1, -0.05) is 19.1 Å². The molecule has 0 bridgehead atoms. The molecule has 2 rings (SSSR count). The molecule has 1 aromatic rings. The first kappa shape index (κ1) is 14.0.